The summed E-state index contributed by atoms with van der Waals surface area (Å²) in [4.78, 5) is 18.4. The number of nitrogens with one attached hydrogen (secondary N) is 1. The van der Waals surface area contributed by atoms with Crippen molar-refractivity contribution in [1.29, 1.82) is 0 Å². The highest BCUT2D eigenvalue weighted by Gasteiger charge is 2.17. The van der Waals surface area contributed by atoms with Gasteiger partial charge in [0, 0.05) is 17.3 Å². The number of hydrogen-bond donors (Lipinski definition) is 1. The highest BCUT2D eigenvalue weighted by Crippen LogP contribution is 2.41. The van der Waals surface area contributed by atoms with Crippen LogP contribution in [0.1, 0.15) is 11.5 Å². The molecule has 0 aliphatic rings. The maximum atomic E-state index is 11.5. The molecule has 0 saturated heterocycles. The third kappa shape index (κ3) is 4.22. The fourth-order valence-electron chi connectivity index (χ4n) is 2.43. The number of rotatable bonds is 7. The summed E-state index contributed by atoms with van der Waals surface area (Å²) in [6, 6.07) is 4.88. The van der Waals surface area contributed by atoms with E-state index < -0.39 is 0 Å². The van der Waals surface area contributed by atoms with Crippen molar-refractivity contribution in [3.05, 3.63) is 40.1 Å². The van der Waals surface area contributed by atoms with Crippen molar-refractivity contribution in [2.75, 3.05) is 21.3 Å². The lowest BCUT2D eigenvalue weighted by Gasteiger charge is -2.12. The number of nitrogens with zero attached hydrogens (tertiary/aromatic N) is 3. The van der Waals surface area contributed by atoms with Gasteiger partial charge in [0.05, 0.1) is 27.1 Å². The van der Waals surface area contributed by atoms with Crippen molar-refractivity contribution >= 4 is 11.8 Å². The van der Waals surface area contributed by atoms with Crippen molar-refractivity contribution in [3.63, 3.8) is 0 Å². The molecule has 0 fully saturated rings. The summed E-state index contributed by atoms with van der Waals surface area (Å²) in [5.41, 5.74) is 1.09. The maximum absolute atomic E-state index is 11.5. The first-order valence-electron chi connectivity index (χ1n) is 7.87. The molecule has 0 bridgehead atoms. The van der Waals surface area contributed by atoms with Gasteiger partial charge in [0.2, 0.25) is 11.6 Å². The van der Waals surface area contributed by atoms with Gasteiger partial charge >= 0.3 is 0 Å². The Kier molecular flexibility index (Phi) is 5.65. The first kappa shape index (κ1) is 18.8. The minimum absolute atomic E-state index is 0.193. The summed E-state index contributed by atoms with van der Waals surface area (Å²) < 4.78 is 21.7. The molecule has 3 aromatic rings. The van der Waals surface area contributed by atoms with Crippen molar-refractivity contribution in [2.45, 2.75) is 17.9 Å². The van der Waals surface area contributed by atoms with Crippen LogP contribution in [0.4, 0.5) is 0 Å². The number of aromatic nitrogens is 4. The van der Waals surface area contributed by atoms with Crippen molar-refractivity contribution in [1.82, 2.24) is 20.2 Å². The molecule has 1 aromatic carbocycles. The fourth-order valence-corrected chi connectivity index (χ4v) is 3.06. The molecule has 10 heteroatoms. The van der Waals surface area contributed by atoms with E-state index in [0.717, 1.165) is 0 Å². The van der Waals surface area contributed by atoms with E-state index in [1.807, 2.05) is 0 Å². The zero-order valence-corrected chi connectivity index (χ0v) is 16.0. The lowest BCUT2D eigenvalue weighted by atomic mass is 10.2. The Labute approximate surface area is 159 Å². The van der Waals surface area contributed by atoms with Crippen molar-refractivity contribution in [3.8, 4) is 28.7 Å². The van der Waals surface area contributed by atoms with Crippen LogP contribution in [0.15, 0.2) is 32.6 Å². The Hall–Kier alpha value is -3.01. The van der Waals surface area contributed by atoms with Gasteiger partial charge in [-0.1, -0.05) is 11.8 Å². The Morgan fingerprint density at radius 2 is 1.78 bits per heavy atom. The predicted molar refractivity (Wildman–Crippen MR) is 98.5 cm³/mol. The topological polar surface area (TPSA) is 112 Å². The third-order valence-electron chi connectivity index (χ3n) is 3.57. The number of hydrogen-bond acceptors (Lipinski definition) is 9. The molecule has 3 rings (SSSR count). The van der Waals surface area contributed by atoms with Crippen LogP contribution in [0.25, 0.3) is 11.5 Å². The molecular weight excluding hydrogens is 372 g/mol. The van der Waals surface area contributed by atoms with Crippen LogP contribution in [0.5, 0.6) is 17.2 Å². The van der Waals surface area contributed by atoms with Gasteiger partial charge in [-0.15, -0.1) is 10.2 Å². The van der Waals surface area contributed by atoms with Crippen molar-refractivity contribution < 1.29 is 18.6 Å². The molecule has 0 aliphatic heterocycles. The largest absolute Gasteiger partial charge is 0.493 e. The van der Waals surface area contributed by atoms with Gasteiger partial charge in [0.15, 0.2) is 11.5 Å². The summed E-state index contributed by atoms with van der Waals surface area (Å²) in [7, 11) is 4.60. The lowest BCUT2D eigenvalue weighted by molar-refractivity contribution is 0.324. The molecule has 2 heterocycles. The van der Waals surface area contributed by atoms with Gasteiger partial charge in [-0.25, -0.2) is 4.98 Å². The summed E-state index contributed by atoms with van der Waals surface area (Å²) >= 11 is 1.27. The average Bonchev–Trinajstić information content (AvgIpc) is 3.13. The third-order valence-corrected chi connectivity index (χ3v) is 4.40. The Morgan fingerprint density at radius 1 is 1.07 bits per heavy atom. The molecule has 0 unspecified atom stereocenters. The number of aromatic amines is 1. The minimum atomic E-state index is -0.193. The molecule has 0 atom stereocenters. The summed E-state index contributed by atoms with van der Waals surface area (Å²) in [5, 5.41) is 8.43. The van der Waals surface area contributed by atoms with E-state index in [1.54, 1.807) is 19.1 Å². The molecule has 0 saturated carbocycles. The molecular formula is C17H18N4O5S. The Morgan fingerprint density at radius 3 is 2.37 bits per heavy atom. The molecule has 142 valence electrons. The highest BCUT2D eigenvalue weighted by molar-refractivity contribution is 7.98. The molecule has 0 spiro atoms. The van der Waals surface area contributed by atoms with Crippen LogP contribution in [-0.2, 0) is 5.75 Å². The molecule has 27 heavy (non-hydrogen) atoms. The summed E-state index contributed by atoms with van der Waals surface area (Å²) in [6.07, 6.45) is 0. The van der Waals surface area contributed by atoms with Gasteiger partial charge in [0.25, 0.3) is 10.8 Å². The van der Waals surface area contributed by atoms with Gasteiger partial charge in [-0.05, 0) is 19.1 Å². The number of methoxy groups -OCH3 is 3. The maximum Gasteiger partial charge on any atom is 0.277 e. The molecule has 0 aliphatic carbocycles. The lowest BCUT2D eigenvalue weighted by Crippen LogP contribution is -2.10. The number of H-pyrrole nitrogens is 1. The molecule has 2 aromatic heterocycles. The average molecular weight is 390 g/mol. The van der Waals surface area contributed by atoms with Crippen LogP contribution < -0.4 is 19.8 Å². The van der Waals surface area contributed by atoms with E-state index in [0.29, 0.717) is 51.2 Å². The summed E-state index contributed by atoms with van der Waals surface area (Å²) in [5.74, 6) is 2.70. The Balaban J connectivity index is 1.82. The molecule has 0 radical (unpaired) electrons. The van der Waals surface area contributed by atoms with Crippen LogP contribution in [-0.4, -0.2) is 41.5 Å². The van der Waals surface area contributed by atoms with E-state index in [4.69, 9.17) is 18.6 Å². The monoisotopic (exact) mass is 390 g/mol. The second-order valence-electron chi connectivity index (χ2n) is 5.41. The normalized spacial score (nSPS) is 10.7. The van der Waals surface area contributed by atoms with Crippen LogP contribution in [0.3, 0.4) is 0 Å². The van der Waals surface area contributed by atoms with Gasteiger partial charge in [-0.3, -0.25) is 4.79 Å². The number of thioether (sulfide) groups is 1. The number of ether oxygens (including phenoxy) is 3. The van der Waals surface area contributed by atoms with Crippen molar-refractivity contribution in [2.24, 2.45) is 0 Å². The molecule has 0 amide bonds. The van der Waals surface area contributed by atoms with Gasteiger partial charge in [-0.2, -0.15) is 0 Å². The van der Waals surface area contributed by atoms with Crippen LogP contribution in [0, 0.1) is 6.92 Å². The van der Waals surface area contributed by atoms with Crippen LogP contribution in [0.2, 0.25) is 0 Å². The quantitative estimate of drug-likeness (QED) is 0.608. The standard InChI is InChI=1S/C17H18N4O5S/c1-9-5-14(22)19-13(18-9)8-27-17-21-20-16(26-17)10-6-11(23-2)15(25-4)12(7-10)24-3/h5-7H,8H2,1-4H3,(H,18,19,22). The van der Waals surface area contributed by atoms with Gasteiger partial charge in [0.1, 0.15) is 5.82 Å². The smallest absolute Gasteiger partial charge is 0.277 e. The van der Waals surface area contributed by atoms with E-state index in [1.165, 1.54) is 39.2 Å². The minimum Gasteiger partial charge on any atom is -0.493 e. The molecule has 1 N–H and O–H groups in total. The first-order chi connectivity index (χ1) is 13.0. The summed E-state index contributed by atoms with van der Waals surface area (Å²) in [6.45, 7) is 1.76. The zero-order valence-electron chi connectivity index (χ0n) is 15.2. The van der Waals surface area contributed by atoms with E-state index in [9.17, 15) is 4.79 Å². The van der Waals surface area contributed by atoms with E-state index in [-0.39, 0.29) is 5.56 Å². The van der Waals surface area contributed by atoms with Gasteiger partial charge < -0.3 is 23.6 Å². The number of aryl methyl sites for hydroxylation is 1. The van der Waals surface area contributed by atoms with E-state index >= 15 is 0 Å². The SMILES string of the molecule is COc1cc(-c2nnc(SCc3nc(C)cc(=O)[nH]3)o2)cc(OC)c1OC. The number of benzene rings is 1. The first-order valence-corrected chi connectivity index (χ1v) is 8.86. The van der Waals surface area contributed by atoms with Crippen LogP contribution >= 0.6 is 11.8 Å². The van der Waals surface area contributed by atoms with E-state index in [2.05, 4.69) is 20.2 Å². The molecule has 9 nitrogen and oxygen atoms in total. The fraction of sp³-hybridized carbons (Fsp3) is 0.294. The zero-order chi connectivity index (χ0) is 19.4. The highest BCUT2D eigenvalue weighted by atomic mass is 32.2. The second kappa shape index (κ2) is 8.12. The Bertz CT molecular complexity index is 976. The predicted octanol–water partition coefficient (Wildman–Crippen LogP) is 2.45. The second-order valence-corrected chi connectivity index (χ2v) is 6.34.